The highest BCUT2D eigenvalue weighted by molar-refractivity contribution is 6.06. The van der Waals surface area contributed by atoms with E-state index >= 15 is 0 Å². The number of hydrogen-bond donors (Lipinski definition) is 1. The van der Waals surface area contributed by atoms with Crippen molar-refractivity contribution in [2.24, 2.45) is 4.99 Å². The van der Waals surface area contributed by atoms with E-state index < -0.39 is 6.10 Å². The molecule has 0 aromatic heterocycles. The number of aliphatic hydroxyl groups excluding tert-OH is 1. The highest BCUT2D eigenvalue weighted by atomic mass is 16.3. The van der Waals surface area contributed by atoms with Crippen molar-refractivity contribution in [3.63, 3.8) is 0 Å². The Bertz CT molecular complexity index is 193. The van der Waals surface area contributed by atoms with Crippen LogP contribution in [-0.2, 0) is 4.79 Å². The van der Waals surface area contributed by atoms with Gasteiger partial charge in [0.2, 0.25) is 0 Å². The predicted molar refractivity (Wildman–Crippen MR) is 33.3 cm³/mol. The first-order chi connectivity index (χ1) is 4.20. The predicted octanol–water partition coefficient (Wildman–Crippen LogP) is -0.0954. The molecule has 3 heteroatoms. The van der Waals surface area contributed by atoms with Gasteiger partial charge in [-0.2, -0.15) is 0 Å². The Hall–Kier alpha value is -0.960. The van der Waals surface area contributed by atoms with Gasteiger partial charge in [0, 0.05) is 18.0 Å². The van der Waals surface area contributed by atoms with Crippen LogP contribution in [0.2, 0.25) is 0 Å². The Morgan fingerprint density at radius 3 is 2.89 bits per heavy atom. The number of rotatable bonds is 0. The van der Waals surface area contributed by atoms with Crippen molar-refractivity contribution >= 4 is 12.0 Å². The van der Waals surface area contributed by atoms with Crippen molar-refractivity contribution in [3.8, 4) is 0 Å². The highest BCUT2D eigenvalue weighted by Crippen LogP contribution is 2.01. The Labute approximate surface area is 52.7 Å². The van der Waals surface area contributed by atoms with Gasteiger partial charge < -0.3 is 5.11 Å². The number of hydrogen-bond acceptors (Lipinski definition) is 3. The monoisotopic (exact) mass is 125 g/mol. The molecule has 0 spiro atoms. The van der Waals surface area contributed by atoms with Crippen molar-refractivity contribution in [2.75, 3.05) is 0 Å². The van der Waals surface area contributed by atoms with Crippen molar-refractivity contribution in [3.05, 3.63) is 11.8 Å². The molecule has 0 aromatic carbocycles. The van der Waals surface area contributed by atoms with E-state index in [1.165, 1.54) is 12.3 Å². The molecule has 1 unspecified atom stereocenters. The quantitative estimate of drug-likeness (QED) is 0.491. The van der Waals surface area contributed by atoms with E-state index in [0.717, 1.165) is 0 Å². The lowest BCUT2D eigenvalue weighted by molar-refractivity contribution is -0.119. The summed E-state index contributed by atoms with van der Waals surface area (Å²) in [5.41, 5.74) is 0.644. The number of carbonyl (C=O) groups excluding carboxylic acids is 1. The molecule has 48 valence electrons. The maximum absolute atomic E-state index is 10.6. The fourth-order valence-corrected chi connectivity index (χ4v) is 0.590. The molecule has 0 fully saturated rings. The average Bonchev–Trinajstić information content (AvgIpc) is 1.80. The molecule has 9 heavy (non-hydrogen) atoms. The molecule has 0 aromatic rings. The van der Waals surface area contributed by atoms with E-state index in [-0.39, 0.29) is 5.78 Å². The van der Waals surface area contributed by atoms with Crippen molar-refractivity contribution in [2.45, 2.75) is 13.0 Å². The van der Waals surface area contributed by atoms with Crippen LogP contribution in [0.3, 0.4) is 0 Å². The highest BCUT2D eigenvalue weighted by Gasteiger charge is 2.12. The lowest BCUT2D eigenvalue weighted by atomic mass is 10.2. The Morgan fingerprint density at radius 2 is 2.44 bits per heavy atom. The number of ketones is 1. The van der Waals surface area contributed by atoms with E-state index in [1.54, 1.807) is 6.92 Å². The summed E-state index contributed by atoms with van der Waals surface area (Å²) in [6, 6.07) is 0. The van der Waals surface area contributed by atoms with Gasteiger partial charge in [0.15, 0.2) is 11.9 Å². The van der Waals surface area contributed by atoms with Gasteiger partial charge in [0.25, 0.3) is 0 Å². The Morgan fingerprint density at radius 1 is 1.78 bits per heavy atom. The number of aliphatic imine (C=N–C) groups is 1. The molecule has 1 N–H and O–H groups in total. The van der Waals surface area contributed by atoms with E-state index in [0.29, 0.717) is 5.70 Å². The zero-order valence-corrected chi connectivity index (χ0v) is 5.03. The molecule has 1 atom stereocenters. The van der Waals surface area contributed by atoms with Gasteiger partial charge >= 0.3 is 0 Å². The number of carbonyl (C=O) groups is 1. The minimum Gasteiger partial charge on any atom is -0.379 e. The summed E-state index contributed by atoms with van der Waals surface area (Å²) in [5, 5.41) is 8.75. The largest absolute Gasteiger partial charge is 0.379 e. The van der Waals surface area contributed by atoms with Crippen molar-refractivity contribution in [1.82, 2.24) is 0 Å². The van der Waals surface area contributed by atoms with Crippen LogP contribution in [0.1, 0.15) is 6.92 Å². The summed E-state index contributed by atoms with van der Waals surface area (Å²) in [6.45, 7) is 1.71. The minimum atomic E-state index is -1.02. The van der Waals surface area contributed by atoms with Gasteiger partial charge in [-0.1, -0.05) is 0 Å². The zero-order chi connectivity index (χ0) is 6.85. The smallest absolute Gasteiger partial charge is 0.191 e. The SMILES string of the molecule is CC1=CC(=O)C(O)C=N1. The maximum atomic E-state index is 10.6. The van der Waals surface area contributed by atoms with Crippen LogP contribution in [0.25, 0.3) is 0 Å². The van der Waals surface area contributed by atoms with Crippen molar-refractivity contribution < 1.29 is 9.90 Å². The van der Waals surface area contributed by atoms with Crippen LogP contribution < -0.4 is 0 Å². The normalized spacial score (nSPS) is 26.2. The van der Waals surface area contributed by atoms with Crippen molar-refractivity contribution in [1.29, 1.82) is 0 Å². The summed E-state index contributed by atoms with van der Waals surface area (Å²) in [7, 11) is 0. The summed E-state index contributed by atoms with van der Waals surface area (Å²) in [5.74, 6) is -0.289. The molecule has 1 aliphatic rings. The molecule has 1 heterocycles. The topological polar surface area (TPSA) is 49.7 Å². The lowest BCUT2D eigenvalue weighted by Gasteiger charge is -2.04. The Balaban J connectivity index is 2.82. The fraction of sp³-hybridized carbons (Fsp3) is 0.333. The third-order valence-corrected chi connectivity index (χ3v) is 1.06. The lowest BCUT2D eigenvalue weighted by Crippen LogP contribution is -2.22. The van der Waals surface area contributed by atoms with E-state index in [9.17, 15) is 4.79 Å². The molecule has 0 saturated carbocycles. The third kappa shape index (κ3) is 1.23. The fourth-order valence-electron chi connectivity index (χ4n) is 0.590. The van der Waals surface area contributed by atoms with Crippen LogP contribution in [0.15, 0.2) is 16.8 Å². The molecular weight excluding hydrogens is 118 g/mol. The van der Waals surface area contributed by atoms with Gasteiger partial charge in [0.1, 0.15) is 0 Å². The Kier molecular flexibility index (Phi) is 1.44. The second-order valence-electron chi connectivity index (χ2n) is 1.91. The summed E-state index contributed by atoms with van der Waals surface area (Å²) in [6.07, 6.45) is 1.54. The molecule has 1 rings (SSSR count). The van der Waals surface area contributed by atoms with Gasteiger partial charge in [-0.15, -0.1) is 0 Å². The molecule has 0 bridgehead atoms. The molecule has 0 amide bonds. The van der Waals surface area contributed by atoms with Crippen LogP contribution in [0.5, 0.6) is 0 Å². The maximum Gasteiger partial charge on any atom is 0.191 e. The molecule has 0 radical (unpaired) electrons. The average molecular weight is 125 g/mol. The standard InChI is InChI=1S/C6H7NO2/c1-4-2-5(8)6(9)3-7-4/h2-3,6,9H,1H3. The minimum absolute atomic E-state index is 0.289. The summed E-state index contributed by atoms with van der Waals surface area (Å²) in [4.78, 5) is 14.3. The van der Waals surface area contributed by atoms with Crippen LogP contribution in [0, 0.1) is 0 Å². The first-order valence-electron chi connectivity index (χ1n) is 2.64. The molecule has 3 nitrogen and oxygen atoms in total. The van der Waals surface area contributed by atoms with E-state index in [4.69, 9.17) is 5.11 Å². The molecule has 0 aliphatic carbocycles. The first-order valence-corrected chi connectivity index (χ1v) is 2.64. The third-order valence-electron chi connectivity index (χ3n) is 1.06. The van der Waals surface area contributed by atoms with Gasteiger partial charge in [-0.25, -0.2) is 0 Å². The van der Waals surface area contributed by atoms with E-state index in [2.05, 4.69) is 4.99 Å². The molecular formula is C6H7NO2. The van der Waals surface area contributed by atoms with Crippen LogP contribution in [-0.4, -0.2) is 23.2 Å². The first kappa shape index (κ1) is 6.16. The van der Waals surface area contributed by atoms with Crippen LogP contribution in [0.4, 0.5) is 0 Å². The second-order valence-corrected chi connectivity index (χ2v) is 1.91. The van der Waals surface area contributed by atoms with E-state index in [1.807, 2.05) is 0 Å². The number of aliphatic hydroxyl groups is 1. The second kappa shape index (κ2) is 2.11. The summed E-state index contributed by atoms with van der Waals surface area (Å²) >= 11 is 0. The van der Waals surface area contributed by atoms with Gasteiger partial charge in [0.05, 0.1) is 0 Å². The van der Waals surface area contributed by atoms with Crippen LogP contribution >= 0.6 is 0 Å². The number of nitrogens with zero attached hydrogens (tertiary/aromatic N) is 1. The summed E-state index contributed by atoms with van der Waals surface area (Å²) < 4.78 is 0. The van der Waals surface area contributed by atoms with Gasteiger partial charge in [-0.3, -0.25) is 9.79 Å². The molecule has 0 saturated heterocycles. The zero-order valence-electron chi connectivity index (χ0n) is 5.03. The molecule has 1 aliphatic heterocycles. The van der Waals surface area contributed by atoms with Gasteiger partial charge in [-0.05, 0) is 6.92 Å². The number of allylic oxidation sites excluding steroid dienone is 1.